The van der Waals surface area contributed by atoms with E-state index in [1.165, 1.54) is 0 Å². The van der Waals surface area contributed by atoms with Crippen molar-refractivity contribution < 1.29 is 9.90 Å². The third-order valence-electron chi connectivity index (χ3n) is 2.90. The van der Waals surface area contributed by atoms with Crippen LogP contribution in [0.15, 0.2) is 24.3 Å². The van der Waals surface area contributed by atoms with E-state index in [1.54, 1.807) is 18.2 Å². The van der Waals surface area contributed by atoms with Crippen molar-refractivity contribution in [3.63, 3.8) is 0 Å². The van der Waals surface area contributed by atoms with Gasteiger partial charge in [0.2, 0.25) is 5.91 Å². The number of amides is 1. The number of phenols is 1. The topological polar surface area (TPSA) is 40.5 Å². The number of phenolic OH excluding ortho intramolecular Hbond substituents is 1. The van der Waals surface area contributed by atoms with Crippen LogP contribution in [0.25, 0.3) is 0 Å². The van der Waals surface area contributed by atoms with E-state index < -0.39 is 0 Å². The fourth-order valence-electron chi connectivity index (χ4n) is 1.93. The number of benzene rings is 1. The first-order chi connectivity index (χ1) is 8.20. The fourth-order valence-corrected chi connectivity index (χ4v) is 2.11. The first-order valence-corrected chi connectivity index (χ1v) is 6.37. The highest BCUT2D eigenvalue weighted by Crippen LogP contribution is 2.27. The summed E-state index contributed by atoms with van der Waals surface area (Å²) in [5.41, 5.74) is 0.843. The van der Waals surface area contributed by atoms with Crippen molar-refractivity contribution in [2.45, 2.75) is 25.3 Å². The smallest absolute Gasteiger partial charge is 0.227 e. The second kappa shape index (κ2) is 5.41. The first-order valence-electron chi connectivity index (χ1n) is 5.84. The maximum absolute atomic E-state index is 12.1. The van der Waals surface area contributed by atoms with Gasteiger partial charge in [-0.3, -0.25) is 4.79 Å². The lowest BCUT2D eigenvalue weighted by Crippen LogP contribution is -2.35. The van der Waals surface area contributed by atoms with Gasteiger partial charge in [-0.05, 0) is 30.5 Å². The van der Waals surface area contributed by atoms with Gasteiger partial charge in [-0.2, -0.15) is 0 Å². The van der Waals surface area contributed by atoms with Crippen molar-refractivity contribution in [3.05, 3.63) is 29.8 Å². The van der Waals surface area contributed by atoms with Crippen LogP contribution in [0, 0.1) is 0 Å². The minimum atomic E-state index is 0.0961. The summed E-state index contributed by atoms with van der Waals surface area (Å²) < 4.78 is 0. The molecule has 0 bridgehead atoms. The minimum absolute atomic E-state index is 0.0961. The van der Waals surface area contributed by atoms with Crippen molar-refractivity contribution >= 4 is 17.5 Å². The molecular formula is C13H16ClNO2. The van der Waals surface area contributed by atoms with Gasteiger partial charge in [0.1, 0.15) is 5.75 Å². The van der Waals surface area contributed by atoms with Gasteiger partial charge in [0, 0.05) is 18.5 Å². The molecule has 1 N–H and O–H groups in total. The molecular weight excluding hydrogens is 238 g/mol. The Kier molecular flexibility index (Phi) is 3.89. The van der Waals surface area contributed by atoms with Gasteiger partial charge < -0.3 is 10.0 Å². The Labute approximate surface area is 106 Å². The van der Waals surface area contributed by atoms with E-state index in [0.717, 1.165) is 18.4 Å². The average molecular weight is 254 g/mol. The van der Waals surface area contributed by atoms with Gasteiger partial charge in [0.15, 0.2) is 0 Å². The highest BCUT2D eigenvalue weighted by molar-refractivity contribution is 6.18. The number of aromatic hydroxyl groups is 1. The second-order valence-electron chi connectivity index (χ2n) is 4.35. The zero-order valence-electron chi connectivity index (χ0n) is 9.60. The maximum atomic E-state index is 12.1. The molecule has 2 rings (SSSR count). The number of carbonyl (C=O) groups excluding carboxylic acids is 1. The van der Waals surface area contributed by atoms with Crippen molar-refractivity contribution in [3.8, 4) is 5.75 Å². The zero-order valence-corrected chi connectivity index (χ0v) is 10.4. The van der Waals surface area contributed by atoms with Crippen LogP contribution in [-0.4, -0.2) is 34.4 Å². The molecule has 0 radical (unpaired) electrons. The highest BCUT2D eigenvalue weighted by Gasteiger charge is 2.31. The van der Waals surface area contributed by atoms with E-state index >= 15 is 0 Å². The Balaban J connectivity index is 1.99. The summed E-state index contributed by atoms with van der Waals surface area (Å²) in [7, 11) is 0. The van der Waals surface area contributed by atoms with E-state index in [1.807, 2.05) is 11.0 Å². The molecule has 1 aliphatic rings. The predicted molar refractivity (Wildman–Crippen MR) is 67.3 cm³/mol. The van der Waals surface area contributed by atoms with E-state index in [-0.39, 0.29) is 11.7 Å². The molecule has 1 aliphatic carbocycles. The summed E-state index contributed by atoms with van der Waals surface area (Å²) in [5.74, 6) is 0.770. The molecule has 92 valence electrons. The average Bonchev–Trinajstić information content (AvgIpc) is 3.09. The fraction of sp³-hybridized carbons (Fsp3) is 0.462. The molecule has 1 aromatic carbocycles. The molecule has 1 saturated carbocycles. The van der Waals surface area contributed by atoms with Gasteiger partial charge in [0.05, 0.1) is 6.42 Å². The number of alkyl halides is 1. The number of rotatable bonds is 5. The molecule has 4 heteroatoms. The SMILES string of the molecule is O=C(Cc1cccc(O)c1)N(CCCl)C1CC1. The molecule has 1 aromatic rings. The molecule has 1 amide bonds. The van der Waals surface area contributed by atoms with Crippen LogP contribution in [0.3, 0.4) is 0 Å². The van der Waals surface area contributed by atoms with Gasteiger partial charge in [-0.25, -0.2) is 0 Å². The zero-order chi connectivity index (χ0) is 12.3. The van der Waals surface area contributed by atoms with Crippen LogP contribution >= 0.6 is 11.6 Å². The standard InChI is InChI=1S/C13H16ClNO2/c14-6-7-15(11-4-5-11)13(17)9-10-2-1-3-12(16)8-10/h1-3,8,11,16H,4-7,9H2. The molecule has 0 saturated heterocycles. The molecule has 0 aliphatic heterocycles. The maximum Gasteiger partial charge on any atom is 0.227 e. The summed E-state index contributed by atoms with van der Waals surface area (Å²) in [6, 6.07) is 7.22. The Morgan fingerprint density at radius 3 is 2.82 bits per heavy atom. The van der Waals surface area contributed by atoms with Crippen LogP contribution in [0.1, 0.15) is 18.4 Å². The normalized spacial score (nSPS) is 14.6. The molecule has 1 fully saturated rings. The van der Waals surface area contributed by atoms with Gasteiger partial charge in [0.25, 0.3) is 0 Å². The van der Waals surface area contributed by atoms with Crippen molar-refractivity contribution in [1.29, 1.82) is 0 Å². The third-order valence-corrected chi connectivity index (χ3v) is 3.07. The largest absolute Gasteiger partial charge is 0.508 e. The van der Waals surface area contributed by atoms with Gasteiger partial charge >= 0.3 is 0 Å². The second-order valence-corrected chi connectivity index (χ2v) is 4.73. The first kappa shape index (κ1) is 12.2. The number of carbonyl (C=O) groups is 1. The van der Waals surface area contributed by atoms with Crippen molar-refractivity contribution in [1.82, 2.24) is 4.90 Å². The van der Waals surface area contributed by atoms with Crippen molar-refractivity contribution in [2.75, 3.05) is 12.4 Å². The summed E-state index contributed by atoms with van der Waals surface area (Å²) >= 11 is 5.71. The predicted octanol–water partition coefficient (Wildman–Crippen LogP) is 2.16. The molecule has 0 atom stereocenters. The minimum Gasteiger partial charge on any atom is -0.508 e. The Morgan fingerprint density at radius 2 is 2.24 bits per heavy atom. The van der Waals surface area contributed by atoms with Crippen LogP contribution < -0.4 is 0 Å². The summed E-state index contributed by atoms with van der Waals surface area (Å²) in [6.07, 6.45) is 2.51. The molecule has 3 nitrogen and oxygen atoms in total. The number of hydrogen-bond donors (Lipinski definition) is 1. The molecule has 0 aromatic heterocycles. The lowest BCUT2D eigenvalue weighted by Gasteiger charge is -2.21. The Hall–Kier alpha value is -1.22. The molecule has 17 heavy (non-hydrogen) atoms. The molecule has 0 spiro atoms. The lowest BCUT2D eigenvalue weighted by atomic mass is 10.1. The lowest BCUT2D eigenvalue weighted by molar-refractivity contribution is -0.130. The Bertz CT molecular complexity index is 404. The van der Waals surface area contributed by atoms with Crippen LogP contribution in [0.2, 0.25) is 0 Å². The number of hydrogen-bond acceptors (Lipinski definition) is 2. The number of halogens is 1. The van der Waals surface area contributed by atoms with E-state index in [4.69, 9.17) is 11.6 Å². The summed E-state index contributed by atoms with van der Waals surface area (Å²) in [5, 5.41) is 9.34. The number of nitrogens with zero attached hydrogens (tertiary/aromatic N) is 1. The molecule has 0 heterocycles. The van der Waals surface area contributed by atoms with Gasteiger partial charge in [-0.15, -0.1) is 11.6 Å². The van der Waals surface area contributed by atoms with Crippen molar-refractivity contribution in [2.24, 2.45) is 0 Å². The highest BCUT2D eigenvalue weighted by atomic mass is 35.5. The van der Waals surface area contributed by atoms with Crippen LogP contribution in [-0.2, 0) is 11.2 Å². The van der Waals surface area contributed by atoms with E-state index in [2.05, 4.69) is 0 Å². The van der Waals surface area contributed by atoms with E-state index in [0.29, 0.717) is 24.9 Å². The van der Waals surface area contributed by atoms with Crippen LogP contribution in [0.4, 0.5) is 0 Å². The van der Waals surface area contributed by atoms with Gasteiger partial charge in [-0.1, -0.05) is 12.1 Å². The summed E-state index contributed by atoms with van der Waals surface area (Å²) in [4.78, 5) is 13.9. The van der Waals surface area contributed by atoms with Crippen LogP contribution in [0.5, 0.6) is 5.75 Å². The third kappa shape index (κ3) is 3.37. The van der Waals surface area contributed by atoms with E-state index in [9.17, 15) is 9.90 Å². The Morgan fingerprint density at radius 1 is 1.47 bits per heavy atom. The summed E-state index contributed by atoms with van der Waals surface area (Å²) in [6.45, 7) is 0.615. The molecule has 0 unspecified atom stereocenters. The quantitative estimate of drug-likeness (QED) is 0.817. The monoisotopic (exact) mass is 253 g/mol.